The van der Waals surface area contributed by atoms with Crippen LogP contribution in [0.25, 0.3) is 10.9 Å². The smallest absolute Gasteiger partial charge is 0.331 e. The number of benzene rings is 1. The minimum absolute atomic E-state index is 0.0266. The number of rotatable bonds is 3. The Bertz CT molecular complexity index is 951. The van der Waals surface area contributed by atoms with E-state index >= 15 is 0 Å². The number of hydrogen-bond donors (Lipinski definition) is 1. The lowest BCUT2D eigenvalue weighted by Gasteiger charge is -2.09. The summed E-state index contributed by atoms with van der Waals surface area (Å²) in [6, 6.07) is 7.99. The van der Waals surface area contributed by atoms with Crippen LogP contribution < -0.4 is 5.69 Å². The monoisotopic (exact) mass is 324 g/mol. The fourth-order valence-corrected chi connectivity index (χ4v) is 3.59. The molecule has 2 aromatic heterocycles. The van der Waals surface area contributed by atoms with Gasteiger partial charge in [0, 0.05) is 17.1 Å². The number of nitrogens with zero attached hydrogens (tertiary/aromatic N) is 4. The summed E-state index contributed by atoms with van der Waals surface area (Å²) < 4.78 is 3.01. The van der Waals surface area contributed by atoms with E-state index in [-0.39, 0.29) is 24.2 Å². The van der Waals surface area contributed by atoms with E-state index in [9.17, 15) is 9.90 Å². The summed E-state index contributed by atoms with van der Waals surface area (Å²) in [5.41, 5.74) is 1.54. The number of fused-ring (bicyclic) bond motifs is 1. The van der Waals surface area contributed by atoms with Crippen LogP contribution in [-0.2, 0) is 6.54 Å². The third kappa shape index (κ3) is 2.48. The van der Waals surface area contributed by atoms with Crippen LogP contribution in [0, 0.1) is 6.92 Å². The molecular formula is C18H20N4O2. The van der Waals surface area contributed by atoms with Gasteiger partial charge in [-0.05, 0) is 25.8 Å². The van der Waals surface area contributed by atoms with Gasteiger partial charge >= 0.3 is 5.69 Å². The maximum atomic E-state index is 12.6. The zero-order valence-electron chi connectivity index (χ0n) is 13.6. The molecule has 0 atom stereocenters. The molecule has 0 aliphatic heterocycles. The number of hydrogen-bond acceptors (Lipinski definition) is 4. The SMILES string of the molecule is Cc1nc(Cn2c(O)cn(C3CCCC3)c2=O)nc2ccccc12. The van der Waals surface area contributed by atoms with Crippen molar-refractivity contribution < 1.29 is 5.11 Å². The standard InChI is InChI=1S/C18H20N4O2/c1-12-14-8-4-5-9-15(14)20-16(19-12)10-22-17(23)11-21(18(22)24)13-6-2-3-7-13/h4-5,8-9,11,13,23H,2-3,6-7,10H2,1H3. The molecule has 24 heavy (non-hydrogen) atoms. The Morgan fingerprint density at radius 1 is 1.21 bits per heavy atom. The van der Waals surface area contributed by atoms with Gasteiger partial charge in [0.1, 0.15) is 5.82 Å². The van der Waals surface area contributed by atoms with Crippen LogP contribution in [0.2, 0.25) is 0 Å². The summed E-state index contributed by atoms with van der Waals surface area (Å²) in [6.45, 7) is 2.11. The molecule has 1 aliphatic rings. The summed E-state index contributed by atoms with van der Waals surface area (Å²) in [5, 5.41) is 11.2. The van der Waals surface area contributed by atoms with E-state index in [4.69, 9.17) is 0 Å². The molecule has 1 saturated carbocycles. The summed E-state index contributed by atoms with van der Waals surface area (Å²) in [5.74, 6) is 0.508. The van der Waals surface area contributed by atoms with E-state index in [1.807, 2.05) is 31.2 Å². The van der Waals surface area contributed by atoms with Gasteiger partial charge in [-0.15, -0.1) is 0 Å². The maximum Gasteiger partial charge on any atom is 0.331 e. The Kier molecular flexibility index (Phi) is 3.59. The highest BCUT2D eigenvalue weighted by molar-refractivity contribution is 5.80. The Morgan fingerprint density at radius 2 is 1.96 bits per heavy atom. The van der Waals surface area contributed by atoms with Gasteiger partial charge in [-0.25, -0.2) is 14.8 Å². The molecule has 0 bridgehead atoms. The predicted octanol–water partition coefficient (Wildman–Crippen LogP) is 2.77. The van der Waals surface area contributed by atoms with Gasteiger partial charge in [0.2, 0.25) is 5.88 Å². The van der Waals surface area contributed by atoms with E-state index in [1.54, 1.807) is 10.8 Å². The third-order valence-corrected chi connectivity index (χ3v) is 4.84. The molecule has 0 spiro atoms. The van der Waals surface area contributed by atoms with Gasteiger partial charge in [-0.1, -0.05) is 31.0 Å². The minimum atomic E-state index is -0.186. The lowest BCUT2D eigenvalue weighted by Crippen LogP contribution is -2.27. The number of aromatic hydroxyl groups is 1. The molecule has 0 amide bonds. The van der Waals surface area contributed by atoms with Crippen LogP contribution >= 0.6 is 0 Å². The van der Waals surface area contributed by atoms with Crippen molar-refractivity contribution in [1.29, 1.82) is 0 Å². The van der Waals surface area contributed by atoms with Crippen molar-refractivity contribution in [3.8, 4) is 5.88 Å². The number of aromatic nitrogens is 4. The Hall–Kier alpha value is -2.63. The first-order valence-electron chi connectivity index (χ1n) is 8.36. The van der Waals surface area contributed by atoms with Gasteiger partial charge in [0.05, 0.1) is 18.3 Å². The van der Waals surface area contributed by atoms with Crippen molar-refractivity contribution in [2.45, 2.75) is 45.2 Å². The van der Waals surface area contributed by atoms with Gasteiger partial charge in [-0.2, -0.15) is 0 Å². The molecule has 1 fully saturated rings. The first kappa shape index (κ1) is 14.9. The Balaban J connectivity index is 1.72. The van der Waals surface area contributed by atoms with Crippen molar-refractivity contribution in [1.82, 2.24) is 19.1 Å². The molecule has 3 aromatic rings. The molecular weight excluding hydrogens is 304 g/mol. The summed E-state index contributed by atoms with van der Waals surface area (Å²) in [6.07, 6.45) is 5.81. The highest BCUT2D eigenvalue weighted by Crippen LogP contribution is 2.29. The molecule has 6 heteroatoms. The second-order valence-corrected chi connectivity index (χ2v) is 6.44. The van der Waals surface area contributed by atoms with Crippen LogP contribution in [0.1, 0.15) is 43.2 Å². The Labute approximate surface area is 139 Å². The van der Waals surface area contributed by atoms with E-state index in [1.165, 1.54) is 4.57 Å². The molecule has 1 aromatic carbocycles. The van der Waals surface area contributed by atoms with Crippen LogP contribution in [0.15, 0.2) is 35.3 Å². The lowest BCUT2D eigenvalue weighted by atomic mass is 10.2. The minimum Gasteiger partial charge on any atom is -0.493 e. The van der Waals surface area contributed by atoms with E-state index in [0.717, 1.165) is 42.3 Å². The van der Waals surface area contributed by atoms with Crippen molar-refractivity contribution in [2.24, 2.45) is 0 Å². The van der Waals surface area contributed by atoms with Crippen molar-refractivity contribution >= 4 is 10.9 Å². The third-order valence-electron chi connectivity index (χ3n) is 4.84. The molecule has 124 valence electrons. The average molecular weight is 324 g/mol. The molecule has 4 rings (SSSR count). The van der Waals surface area contributed by atoms with Crippen molar-refractivity contribution in [3.05, 3.63) is 52.5 Å². The van der Waals surface area contributed by atoms with Crippen LogP contribution in [-0.4, -0.2) is 24.2 Å². The summed E-state index contributed by atoms with van der Waals surface area (Å²) in [7, 11) is 0. The lowest BCUT2D eigenvalue weighted by molar-refractivity contribution is 0.419. The summed E-state index contributed by atoms with van der Waals surface area (Å²) in [4.78, 5) is 21.7. The summed E-state index contributed by atoms with van der Waals surface area (Å²) >= 11 is 0. The molecule has 0 radical (unpaired) electrons. The molecule has 1 N–H and O–H groups in total. The van der Waals surface area contributed by atoms with Crippen molar-refractivity contribution in [2.75, 3.05) is 0 Å². The number of aryl methyl sites for hydroxylation is 1. The van der Waals surface area contributed by atoms with Crippen molar-refractivity contribution in [3.63, 3.8) is 0 Å². The number of imidazole rings is 1. The largest absolute Gasteiger partial charge is 0.493 e. The molecule has 1 aliphatic carbocycles. The second-order valence-electron chi connectivity index (χ2n) is 6.44. The topological polar surface area (TPSA) is 72.9 Å². The van der Waals surface area contributed by atoms with Gasteiger partial charge < -0.3 is 5.11 Å². The van der Waals surface area contributed by atoms with E-state index < -0.39 is 0 Å². The zero-order chi connectivity index (χ0) is 16.7. The molecule has 2 heterocycles. The fourth-order valence-electron chi connectivity index (χ4n) is 3.59. The zero-order valence-corrected chi connectivity index (χ0v) is 13.6. The normalized spacial score (nSPS) is 15.4. The molecule has 0 saturated heterocycles. The van der Waals surface area contributed by atoms with Crippen LogP contribution in [0.3, 0.4) is 0 Å². The quantitative estimate of drug-likeness (QED) is 0.804. The van der Waals surface area contributed by atoms with E-state index in [0.29, 0.717) is 5.82 Å². The van der Waals surface area contributed by atoms with Gasteiger partial charge in [-0.3, -0.25) is 9.13 Å². The van der Waals surface area contributed by atoms with Crippen LogP contribution in [0.5, 0.6) is 5.88 Å². The molecule has 0 unspecified atom stereocenters. The van der Waals surface area contributed by atoms with E-state index in [2.05, 4.69) is 9.97 Å². The molecule has 6 nitrogen and oxygen atoms in total. The average Bonchev–Trinajstić information content (AvgIpc) is 3.19. The highest BCUT2D eigenvalue weighted by atomic mass is 16.3. The highest BCUT2D eigenvalue weighted by Gasteiger charge is 2.22. The van der Waals surface area contributed by atoms with Gasteiger partial charge in [0.15, 0.2) is 0 Å². The second kappa shape index (κ2) is 5.78. The Morgan fingerprint density at radius 3 is 2.75 bits per heavy atom. The van der Waals surface area contributed by atoms with Crippen LogP contribution in [0.4, 0.5) is 0 Å². The first-order chi connectivity index (χ1) is 11.6. The first-order valence-corrected chi connectivity index (χ1v) is 8.36. The maximum absolute atomic E-state index is 12.6. The predicted molar refractivity (Wildman–Crippen MR) is 91.2 cm³/mol. The number of para-hydroxylation sites is 1. The van der Waals surface area contributed by atoms with Gasteiger partial charge in [0.25, 0.3) is 0 Å². The fraction of sp³-hybridized carbons (Fsp3) is 0.389.